The van der Waals surface area contributed by atoms with Crippen LogP contribution in [0.15, 0.2) is 24.3 Å². The highest BCUT2D eigenvalue weighted by Crippen LogP contribution is 2.32. The van der Waals surface area contributed by atoms with Crippen molar-refractivity contribution < 1.29 is 26.4 Å². The zero-order chi connectivity index (χ0) is 22.8. The fourth-order valence-electron chi connectivity index (χ4n) is 4.75. The van der Waals surface area contributed by atoms with E-state index in [1.165, 1.54) is 0 Å². The summed E-state index contributed by atoms with van der Waals surface area (Å²) in [6, 6.07) is 2.95. The van der Waals surface area contributed by atoms with Gasteiger partial charge in [0, 0.05) is 19.1 Å². The molecular weight excluding hydrogens is 467 g/mol. The molecule has 1 amide bonds. The van der Waals surface area contributed by atoms with E-state index in [2.05, 4.69) is 9.62 Å². The number of hydrogen-bond donors (Lipinski definition) is 1. The van der Waals surface area contributed by atoms with Crippen LogP contribution in [0, 0.1) is 0 Å². The van der Waals surface area contributed by atoms with Crippen LogP contribution in [0.2, 0.25) is 0 Å². The Bertz CT molecular complexity index is 875. The molecule has 3 unspecified atom stereocenters. The SMILES string of the molecule is CN(C(=O)C(NS(C)(=O)=O)c1ccc(C(F)(F)F)cc1)C1CCCCC1N1CCCC1.Cl. The molecule has 0 bridgehead atoms. The van der Waals surface area contributed by atoms with Crippen molar-refractivity contribution in [2.75, 3.05) is 26.4 Å². The Morgan fingerprint density at radius 2 is 1.66 bits per heavy atom. The Labute approximate surface area is 194 Å². The van der Waals surface area contributed by atoms with Crippen molar-refractivity contribution in [1.82, 2.24) is 14.5 Å². The summed E-state index contributed by atoms with van der Waals surface area (Å²) < 4.78 is 65.0. The molecule has 2 fully saturated rings. The minimum Gasteiger partial charge on any atom is -0.340 e. The van der Waals surface area contributed by atoms with E-state index in [1.54, 1.807) is 11.9 Å². The zero-order valence-electron chi connectivity index (χ0n) is 18.3. The summed E-state index contributed by atoms with van der Waals surface area (Å²) in [6.07, 6.45) is 2.56. The Morgan fingerprint density at radius 3 is 2.19 bits per heavy atom. The van der Waals surface area contributed by atoms with E-state index >= 15 is 0 Å². The monoisotopic (exact) mass is 497 g/mol. The molecular formula is C21H31ClF3N3O3S. The standard InChI is InChI=1S/C21H30F3N3O3S.ClH/c1-26(17-7-3-4-8-18(17)27-13-5-6-14-27)20(28)19(25-31(2,29)30)15-9-11-16(12-10-15)21(22,23)24;/h9-12,17-19,25H,3-8,13-14H2,1-2H3;1H. The minimum atomic E-state index is -4.51. The number of hydrogen-bond acceptors (Lipinski definition) is 4. The van der Waals surface area contributed by atoms with Gasteiger partial charge in [-0.15, -0.1) is 12.4 Å². The Morgan fingerprint density at radius 1 is 1.09 bits per heavy atom. The molecule has 6 nitrogen and oxygen atoms in total. The number of nitrogens with one attached hydrogen (secondary N) is 1. The molecule has 11 heteroatoms. The lowest BCUT2D eigenvalue weighted by Crippen LogP contribution is -2.55. The number of halogens is 4. The predicted octanol–water partition coefficient (Wildman–Crippen LogP) is 3.58. The first-order chi connectivity index (χ1) is 14.5. The molecule has 1 heterocycles. The molecule has 2 aliphatic rings. The second-order valence-corrected chi connectivity index (χ2v) is 10.3. The molecule has 1 aromatic rings. The first kappa shape index (κ1) is 26.9. The third kappa shape index (κ3) is 6.59. The van der Waals surface area contributed by atoms with Gasteiger partial charge in [-0.3, -0.25) is 9.69 Å². The van der Waals surface area contributed by atoms with Gasteiger partial charge in [0.25, 0.3) is 0 Å². The number of sulfonamides is 1. The second-order valence-electron chi connectivity index (χ2n) is 8.55. The summed E-state index contributed by atoms with van der Waals surface area (Å²) in [7, 11) is -2.11. The van der Waals surface area contributed by atoms with Gasteiger partial charge in [0.05, 0.1) is 11.8 Å². The highest BCUT2D eigenvalue weighted by molar-refractivity contribution is 7.88. The molecule has 1 aromatic carbocycles. The number of amides is 1. The smallest absolute Gasteiger partial charge is 0.340 e. The summed E-state index contributed by atoms with van der Waals surface area (Å²) >= 11 is 0. The van der Waals surface area contributed by atoms with Crippen molar-refractivity contribution in [1.29, 1.82) is 0 Å². The first-order valence-electron chi connectivity index (χ1n) is 10.6. The lowest BCUT2D eigenvalue weighted by Gasteiger charge is -2.43. The van der Waals surface area contributed by atoms with Crippen LogP contribution in [0.3, 0.4) is 0 Å². The lowest BCUT2D eigenvalue weighted by molar-refractivity contribution is -0.137. The highest BCUT2D eigenvalue weighted by atomic mass is 35.5. The molecule has 1 saturated heterocycles. The molecule has 0 aromatic heterocycles. The molecule has 182 valence electrons. The van der Waals surface area contributed by atoms with Crippen LogP contribution in [0.5, 0.6) is 0 Å². The normalized spacial score (nSPS) is 23.4. The van der Waals surface area contributed by atoms with E-state index in [-0.39, 0.29) is 30.1 Å². The minimum absolute atomic E-state index is 0. The number of benzene rings is 1. The van der Waals surface area contributed by atoms with Crippen LogP contribution in [0.25, 0.3) is 0 Å². The number of rotatable bonds is 6. The predicted molar refractivity (Wildman–Crippen MR) is 119 cm³/mol. The van der Waals surface area contributed by atoms with Crippen LogP contribution in [-0.2, 0) is 21.0 Å². The molecule has 1 aliphatic heterocycles. The van der Waals surface area contributed by atoms with Crippen molar-refractivity contribution in [3.05, 3.63) is 35.4 Å². The Balaban J connectivity index is 0.00000363. The summed E-state index contributed by atoms with van der Waals surface area (Å²) in [6.45, 7) is 1.99. The van der Waals surface area contributed by atoms with Gasteiger partial charge in [-0.1, -0.05) is 25.0 Å². The highest BCUT2D eigenvalue weighted by Gasteiger charge is 2.38. The largest absolute Gasteiger partial charge is 0.416 e. The first-order valence-corrected chi connectivity index (χ1v) is 12.5. The summed E-state index contributed by atoms with van der Waals surface area (Å²) in [5.41, 5.74) is -0.666. The topological polar surface area (TPSA) is 69.7 Å². The van der Waals surface area contributed by atoms with E-state index in [4.69, 9.17) is 0 Å². The van der Waals surface area contributed by atoms with E-state index in [0.717, 1.165) is 82.1 Å². The van der Waals surface area contributed by atoms with Crippen LogP contribution < -0.4 is 4.72 Å². The third-order valence-corrected chi connectivity index (χ3v) is 6.96. The van der Waals surface area contributed by atoms with Crippen molar-refractivity contribution in [2.45, 2.75) is 62.8 Å². The van der Waals surface area contributed by atoms with Gasteiger partial charge in [-0.25, -0.2) is 8.42 Å². The summed E-state index contributed by atoms with van der Waals surface area (Å²) in [5.74, 6) is -0.457. The van der Waals surface area contributed by atoms with Gasteiger partial charge < -0.3 is 4.90 Å². The van der Waals surface area contributed by atoms with Gasteiger partial charge in [0.2, 0.25) is 15.9 Å². The van der Waals surface area contributed by atoms with Gasteiger partial charge >= 0.3 is 6.18 Å². The van der Waals surface area contributed by atoms with Crippen molar-refractivity contribution >= 4 is 28.3 Å². The van der Waals surface area contributed by atoms with Crippen molar-refractivity contribution in [2.24, 2.45) is 0 Å². The van der Waals surface area contributed by atoms with Crippen molar-refractivity contribution in [3.8, 4) is 0 Å². The van der Waals surface area contributed by atoms with E-state index in [0.29, 0.717) is 0 Å². The average molecular weight is 498 g/mol. The molecule has 3 atom stereocenters. The number of carbonyl (C=O) groups is 1. The molecule has 1 N–H and O–H groups in total. The maximum Gasteiger partial charge on any atom is 0.416 e. The van der Waals surface area contributed by atoms with Gasteiger partial charge in [-0.2, -0.15) is 17.9 Å². The number of alkyl halides is 3. The summed E-state index contributed by atoms with van der Waals surface area (Å²) in [4.78, 5) is 17.4. The maximum atomic E-state index is 13.4. The third-order valence-electron chi connectivity index (χ3n) is 6.30. The summed E-state index contributed by atoms with van der Waals surface area (Å²) in [5, 5.41) is 0. The Hall–Kier alpha value is -1.36. The average Bonchev–Trinajstić information content (AvgIpc) is 3.24. The number of likely N-dealkylation sites (tertiary alicyclic amines) is 1. The number of nitrogens with zero attached hydrogens (tertiary/aromatic N) is 2. The van der Waals surface area contributed by atoms with Gasteiger partial charge in [0.1, 0.15) is 6.04 Å². The number of likely N-dealkylation sites (N-methyl/N-ethyl adjacent to an activating group) is 1. The van der Waals surface area contributed by atoms with E-state index in [9.17, 15) is 26.4 Å². The second kappa shape index (κ2) is 10.7. The van der Waals surface area contributed by atoms with E-state index in [1.807, 2.05) is 0 Å². The molecule has 1 saturated carbocycles. The fraction of sp³-hybridized carbons (Fsp3) is 0.667. The molecule has 32 heavy (non-hydrogen) atoms. The number of carbonyl (C=O) groups excluding carboxylic acids is 1. The molecule has 0 spiro atoms. The molecule has 0 radical (unpaired) electrons. The van der Waals surface area contributed by atoms with Crippen LogP contribution in [-0.4, -0.2) is 62.6 Å². The Kier molecular flexibility index (Phi) is 9.00. The lowest BCUT2D eigenvalue weighted by atomic mass is 9.87. The quantitative estimate of drug-likeness (QED) is 0.652. The maximum absolute atomic E-state index is 13.4. The van der Waals surface area contributed by atoms with Gasteiger partial charge in [0.15, 0.2) is 0 Å². The molecule has 3 rings (SSSR count). The van der Waals surface area contributed by atoms with Gasteiger partial charge in [-0.05, 0) is 56.5 Å². The van der Waals surface area contributed by atoms with Crippen molar-refractivity contribution in [3.63, 3.8) is 0 Å². The van der Waals surface area contributed by atoms with Crippen LogP contribution in [0.1, 0.15) is 55.7 Å². The van der Waals surface area contributed by atoms with E-state index < -0.39 is 33.7 Å². The zero-order valence-corrected chi connectivity index (χ0v) is 19.9. The van der Waals surface area contributed by atoms with Crippen LogP contribution in [0.4, 0.5) is 13.2 Å². The molecule has 1 aliphatic carbocycles. The van der Waals surface area contributed by atoms with Crippen LogP contribution >= 0.6 is 12.4 Å². The fourth-order valence-corrected chi connectivity index (χ4v) is 5.41.